The van der Waals surface area contributed by atoms with Crippen LogP contribution in [-0.2, 0) is 4.79 Å². The molecule has 1 rings (SSSR count). The third-order valence-electron chi connectivity index (χ3n) is 4.11. The molecule has 0 aliphatic carbocycles. The van der Waals surface area contributed by atoms with Gasteiger partial charge in [0.25, 0.3) is 0 Å². The van der Waals surface area contributed by atoms with Crippen LogP contribution in [-0.4, -0.2) is 50.6 Å². The molecule has 0 saturated carbocycles. The fourth-order valence-electron chi connectivity index (χ4n) is 2.55. The minimum Gasteiger partial charge on any atom is -0.353 e. The van der Waals surface area contributed by atoms with E-state index in [0.29, 0.717) is 0 Å². The molecule has 1 atom stereocenters. The van der Waals surface area contributed by atoms with E-state index in [-0.39, 0.29) is 17.4 Å². The third-order valence-corrected chi connectivity index (χ3v) is 4.11. The maximum Gasteiger partial charge on any atom is 0.226 e. The topological polar surface area (TPSA) is 44.4 Å². The number of hydrogen-bond donors (Lipinski definition) is 2. The van der Waals surface area contributed by atoms with Crippen molar-refractivity contribution in [3.63, 3.8) is 0 Å². The van der Waals surface area contributed by atoms with Crippen molar-refractivity contribution in [2.75, 3.05) is 33.7 Å². The highest BCUT2D eigenvalue weighted by atomic mass is 16.2. The van der Waals surface area contributed by atoms with Crippen molar-refractivity contribution in [1.29, 1.82) is 0 Å². The van der Waals surface area contributed by atoms with Gasteiger partial charge in [-0.05, 0) is 66.3 Å². The molecule has 0 spiro atoms. The Hall–Kier alpha value is -0.610. The number of nitrogens with zero attached hydrogens (tertiary/aromatic N) is 1. The van der Waals surface area contributed by atoms with E-state index in [4.69, 9.17) is 0 Å². The van der Waals surface area contributed by atoms with Crippen molar-refractivity contribution in [2.24, 2.45) is 5.41 Å². The van der Waals surface area contributed by atoms with Crippen LogP contribution in [0.5, 0.6) is 0 Å². The fraction of sp³-hybridized carbons (Fsp3) is 0.929. The van der Waals surface area contributed by atoms with Crippen LogP contribution in [0.25, 0.3) is 0 Å². The Morgan fingerprint density at radius 2 is 2.00 bits per heavy atom. The number of carbonyl (C=O) groups is 1. The van der Waals surface area contributed by atoms with Crippen LogP contribution < -0.4 is 10.6 Å². The Bertz CT molecular complexity index is 260. The lowest BCUT2D eigenvalue weighted by Gasteiger charge is -2.36. The van der Waals surface area contributed by atoms with Crippen molar-refractivity contribution in [1.82, 2.24) is 15.5 Å². The van der Waals surface area contributed by atoms with Crippen LogP contribution in [0.15, 0.2) is 0 Å². The molecule has 4 heteroatoms. The van der Waals surface area contributed by atoms with E-state index in [1.54, 1.807) is 0 Å². The first-order chi connectivity index (χ1) is 8.50. The molecule has 1 amide bonds. The van der Waals surface area contributed by atoms with E-state index >= 15 is 0 Å². The zero-order valence-corrected chi connectivity index (χ0v) is 12.4. The molecule has 1 aliphatic heterocycles. The quantitative estimate of drug-likeness (QED) is 0.750. The number of piperidine rings is 1. The molecule has 1 aliphatic rings. The fourth-order valence-corrected chi connectivity index (χ4v) is 2.55. The van der Waals surface area contributed by atoms with Crippen LogP contribution in [0.4, 0.5) is 0 Å². The molecule has 0 aromatic heterocycles. The second-order valence-electron chi connectivity index (χ2n) is 5.85. The van der Waals surface area contributed by atoms with Crippen molar-refractivity contribution in [3.05, 3.63) is 0 Å². The number of carbonyl (C=O) groups excluding carboxylic acids is 1. The lowest BCUT2D eigenvalue weighted by atomic mass is 9.75. The summed E-state index contributed by atoms with van der Waals surface area (Å²) in [5.41, 5.74) is -0.127. The van der Waals surface area contributed by atoms with Gasteiger partial charge in [-0.3, -0.25) is 4.79 Å². The molecule has 0 aromatic rings. The Labute approximate surface area is 111 Å². The highest BCUT2D eigenvalue weighted by Gasteiger charge is 2.37. The SMILES string of the molecule is CCC1(C(=O)NC(C)CCN(C)C)CCNCC1. The molecular formula is C14H29N3O. The molecule has 18 heavy (non-hydrogen) atoms. The molecule has 1 unspecified atom stereocenters. The van der Waals surface area contributed by atoms with Crippen LogP contribution >= 0.6 is 0 Å². The third kappa shape index (κ3) is 4.25. The zero-order chi connectivity index (χ0) is 13.6. The highest BCUT2D eigenvalue weighted by Crippen LogP contribution is 2.32. The molecule has 1 saturated heterocycles. The van der Waals surface area contributed by atoms with Crippen LogP contribution in [0.2, 0.25) is 0 Å². The first kappa shape index (κ1) is 15.4. The van der Waals surface area contributed by atoms with Crippen LogP contribution in [0.1, 0.15) is 39.5 Å². The molecule has 0 radical (unpaired) electrons. The van der Waals surface area contributed by atoms with Crippen molar-refractivity contribution < 1.29 is 4.79 Å². The van der Waals surface area contributed by atoms with E-state index in [1.165, 1.54) is 0 Å². The Balaban J connectivity index is 2.46. The average molecular weight is 255 g/mol. The predicted molar refractivity (Wildman–Crippen MR) is 75.6 cm³/mol. The molecule has 106 valence electrons. The minimum absolute atomic E-state index is 0.127. The van der Waals surface area contributed by atoms with Crippen LogP contribution in [0.3, 0.4) is 0 Å². The second-order valence-corrected chi connectivity index (χ2v) is 5.85. The van der Waals surface area contributed by atoms with Crippen molar-refractivity contribution >= 4 is 5.91 Å². The summed E-state index contributed by atoms with van der Waals surface area (Å²) in [5, 5.41) is 6.54. The Morgan fingerprint density at radius 1 is 1.39 bits per heavy atom. The summed E-state index contributed by atoms with van der Waals surface area (Å²) in [6.45, 7) is 7.18. The van der Waals surface area contributed by atoms with Gasteiger partial charge in [0, 0.05) is 6.04 Å². The van der Waals surface area contributed by atoms with Gasteiger partial charge in [0.2, 0.25) is 5.91 Å². The summed E-state index contributed by atoms with van der Waals surface area (Å²) in [7, 11) is 4.13. The van der Waals surface area contributed by atoms with E-state index in [2.05, 4.69) is 43.5 Å². The van der Waals surface area contributed by atoms with Gasteiger partial charge in [0.05, 0.1) is 5.41 Å². The molecule has 1 fully saturated rings. The van der Waals surface area contributed by atoms with E-state index < -0.39 is 0 Å². The first-order valence-corrected chi connectivity index (χ1v) is 7.16. The highest BCUT2D eigenvalue weighted by molar-refractivity contribution is 5.83. The smallest absolute Gasteiger partial charge is 0.226 e. The lowest BCUT2D eigenvalue weighted by Crippen LogP contribution is -2.49. The van der Waals surface area contributed by atoms with Gasteiger partial charge >= 0.3 is 0 Å². The summed E-state index contributed by atoms with van der Waals surface area (Å²) in [6.07, 6.45) is 3.89. The Kier molecular flexibility index (Phi) is 6.09. The van der Waals surface area contributed by atoms with Gasteiger partial charge < -0.3 is 15.5 Å². The van der Waals surface area contributed by atoms with Gasteiger partial charge in [0.15, 0.2) is 0 Å². The lowest BCUT2D eigenvalue weighted by molar-refractivity contribution is -0.133. The number of hydrogen-bond acceptors (Lipinski definition) is 3. The molecule has 0 aromatic carbocycles. The van der Waals surface area contributed by atoms with Crippen molar-refractivity contribution in [3.8, 4) is 0 Å². The monoisotopic (exact) mass is 255 g/mol. The van der Waals surface area contributed by atoms with Gasteiger partial charge in [0.1, 0.15) is 0 Å². The predicted octanol–water partition coefficient (Wildman–Crippen LogP) is 1.22. The van der Waals surface area contributed by atoms with Gasteiger partial charge in [-0.1, -0.05) is 6.92 Å². The Morgan fingerprint density at radius 3 is 2.50 bits per heavy atom. The number of rotatable bonds is 6. The average Bonchev–Trinajstić information content (AvgIpc) is 2.37. The standard InChI is InChI=1S/C14H29N3O/c1-5-14(7-9-15-10-8-14)13(18)16-12(2)6-11-17(3)4/h12,15H,5-11H2,1-4H3,(H,16,18). The molecule has 0 bridgehead atoms. The maximum absolute atomic E-state index is 12.5. The van der Waals surface area contributed by atoms with Crippen LogP contribution in [0, 0.1) is 5.41 Å². The molecule has 1 heterocycles. The van der Waals surface area contributed by atoms with E-state index in [9.17, 15) is 4.79 Å². The second kappa shape index (κ2) is 7.10. The van der Waals surface area contributed by atoms with Gasteiger partial charge in [-0.15, -0.1) is 0 Å². The molecular weight excluding hydrogens is 226 g/mol. The van der Waals surface area contributed by atoms with Gasteiger partial charge in [-0.25, -0.2) is 0 Å². The summed E-state index contributed by atoms with van der Waals surface area (Å²) in [4.78, 5) is 14.6. The largest absolute Gasteiger partial charge is 0.353 e. The molecule has 2 N–H and O–H groups in total. The van der Waals surface area contributed by atoms with E-state index in [1.807, 2.05) is 0 Å². The van der Waals surface area contributed by atoms with Crippen molar-refractivity contribution in [2.45, 2.75) is 45.6 Å². The van der Waals surface area contributed by atoms with E-state index in [0.717, 1.165) is 45.3 Å². The summed E-state index contributed by atoms with van der Waals surface area (Å²) < 4.78 is 0. The number of nitrogens with one attached hydrogen (secondary N) is 2. The normalized spacial score (nSPS) is 20.7. The summed E-state index contributed by atoms with van der Waals surface area (Å²) >= 11 is 0. The minimum atomic E-state index is -0.127. The maximum atomic E-state index is 12.5. The molecule has 4 nitrogen and oxygen atoms in total. The zero-order valence-electron chi connectivity index (χ0n) is 12.4. The first-order valence-electron chi connectivity index (χ1n) is 7.16. The summed E-state index contributed by atoms with van der Waals surface area (Å²) in [5.74, 6) is 0.262. The summed E-state index contributed by atoms with van der Waals surface area (Å²) in [6, 6.07) is 0.262. The van der Waals surface area contributed by atoms with Gasteiger partial charge in [-0.2, -0.15) is 0 Å². The number of amides is 1.